The van der Waals surface area contributed by atoms with Crippen molar-refractivity contribution in [3.8, 4) is 11.5 Å². The molecule has 2 aromatic rings. The average Bonchev–Trinajstić information content (AvgIpc) is 3.20. The van der Waals surface area contributed by atoms with E-state index in [1.807, 2.05) is 30.9 Å². The van der Waals surface area contributed by atoms with E-state index in [0.29, 0.717) is 13.4 Å². The van der Waals surface area contributed by atoms with Gasteiger partial charge in [-0.2, -0.15) is 5.10 Å². The van der Waals surface area contributed by atoms with Gasteiger partial charge in [0.1, 0.15) is 0 Å². The Balaban J connectivity index is 1.58. The predicted octanol–water partition coefficient (Wildman–Crippen LogP) is 2.28. The van der Waals surface area contributed by atoms with Crippen LogP contribution >= 0.6 is 0 Å². The van der Waals surface area contributed by atoms with Crippen LogP contribution in [-0.4, -0.2) is 41.2 Å². The second kappa shape index (κ2) is 6.45. The van der Waals surface area contributed by atoms with Gasteiger partial charge < -0.3 is 14.2 Å². The van der Waals surface area contributed by atoms with E-state index in [2.05, 4.69) is 22.1 Å². The molecular weight excluding hydrogens is 306 g/mol. The van der Waals surface area contributed by atoms with Crippen LogP contribution in [0.4, 0.5) is 0 Å². The molecule has 2 aliphatic heterocycles. The molecule has 1 aromatic carbocycles. The van der Waals surface area contributed by atoms with E-state index >= 15 is 0 Å². The van der Waals surface area contributed by atoms with Gasteiger partial charge >= 0.3 is 0 Å². The molecule has 128 valence electrons. The highest BCUT2D eigenvalue weighted by atomic mass is 16.7. The minimum absolute atomic E-state index is 0.228. The number of benzene rings is 1. The monoisotopic (exact) mass is 329 g/mol. The number of fused-ring (bicyclic) bond motifs is 2. The highest BCUT2D eigenvalue weighted by Crippen LogP contribution is 2.35. The van der Waals surface area contributed by atoms with Gasteiger partial charge in [-0.1, -0.05) is 6.07 Å². The summed E-state index contributed by atoms with van der Waals surface area (Å²) >= 11 is 0. The van der Waals surface area contributed by atoms with Crippen molar-refractivity contribution < 1.29 is 14.2 Å². The van der Waals surface area contributed by atoms with Gasteiger partial charge in [0.2, 0.25) is 6.79 Å². The maximum absolute atomic E-state index is 5.77. The third-order valence-corrected chi connectivity index (χ3v) is 4.79. The summed E-state index contributed by atoms with van der Waals surface area (Å²) in [6.07, 6.45) is 3.02. The first-order valence-electron chi connectivity index (χ1n) is 8.47. The molecule has 6 nitrogen and oxygen atoms in total. The summed E-state index contributed by atoms with van der Waals surface area (Å²) < 4.78 is 18.7. The van der Waals surface area contributed by atoms with Crippen molar-refractivity contribution in [2.45, 2.75) is 25.9 Å². The first-order chi connectivity index (χ1) is 11.8. The maximum atomic E-state index is 5.77. The fourth-order valence-corrected chi connectivity index (χ4v) is 3.58. The summed E-state index contributed by atoms with van der Waals surface area (Å²) in [6.45, 7) is 5.63. The van der Waals surface area contributed by atoms with Crippen molar-refractivity contribution in [1.82, 2.24) is 14.7 Å². The summed E-state index contributed by atoms with van der Waals surface area (Å²) in [4.78, 5) is 2.47. The van der Waals surface area contributed by atoms with Gasteiger partial charge in [-0.3, -0.25) is 9.58 Å². The SMILES string of the molecule is CCOC[C@@H]1c2c(cnn2C)CCN1Cc1ccc2c(c1)OCO2. The molecule has 6 heteroatoms. The van der Waals surface area contributed by atoms with E-state index in [9.17, 15) is 0 Å². The molecule has 1 aromatic heterocycles. The van der Waals surface area contributed by atoms with Crippen LogP contribution in [0.1, 0.15) is 29.8 Å². The zero-order valence-electron chi connectivity index (χ0n) is 14.2. The lowest BCUT2D eigenvalue weighted by Crippen LogP contribution is -2.38. The van der Waals surface area contributed by atoms with Crippen molar-refractivity contribution in [2.75, 3.05) is 26.6 Å². The van der Waals surface area contributed by atoms with Crippen molar-refractivity contribution in [1.29, 1.82) is 0 Å². The fourth-order valence-electron chi connectivity index (χ4n) is 3.58. The fraction of sp³-hybridized carbons (Fsp3) is 0.500. The molecule has 0 saturated heterocycles. The largest absolute Gasteiger partial charge is 0.454 e. The van der Waals surface area contributed by atoms with Crippen molar-refractivity contribution in [3.05, 3.63) is 41.2 Å². The first kappa shape index (κ1) is 15.5. The summed E-state index contributed by atoms with van der Waals surface area (Å²) in [7, 11) is 2.02. The van der Waals surface area contributed by atoms with Crippen molar-refractivity contribution in [3.63, 3.8) is 0 Å². The molecule has 0 saturated carbocycles. The lowest BCUT2D eigenvalue weighted by molar-refractivity contribution is 0.0518. The second-order valence-electron chi connectivity index (χ2n) is 6.26. The van der Waals surface area contributed by atoms with Crippen LogP contribution < -0.4 is 9.47 Å². The van der Waals surface area contributed by atoms with E-state index < -0.39 is 0 Å². The molecule has 0 bridgehead atoms. The topological polar surface area (TPSA) is 48.8 Å². The molecule has 0 radical (unpaired) electrons. The number of rotatable bonds is 5. The second-order valence-corrected chi connectivity index (χ2v) is 6.26. The van der Waals surface area contributed by atoms with E-state index in [1.165, 1.54) is 16.8 Å². The molecule has 0 amide bonds. The smallest absolute Gasteiger partial charge is 0.231 e. The number of aromatic nitrogens is 2. The lowest BCUT2D eigenvalue weighted by Gasteiger charge is -2.36. The Morgan fingerprint density at radius 1 is 1.29 bits per heavy atom. The lowest BCUT2D eigenvalue weighted by atomic mass is 9.99. The van der Waals surface area contributed by atoms with Gasteiger partial charge in [0, 0.05) is 26.7 Å². The maximum Gasteiger partial charge on any atom is 0.231 e. The van der Waals surface area contributed by atoms with Crippen molar-refractivity contribution in [2.24, 2.45) is 7.05 Å². The Morgan fingerprint density at radius 2 is 2.17 bits per heavy atom. The van der Waals surface area contributed by atoms with Gasteiger partial charge in [0.25, 0.3) is 0 Å². The Hall–Kier alpha value is -2.05. The number of ether oxygens (including phenoxy) is 3. The minimum atomic E-state index is 0.228. The Kier molecular flexibility index (Phi) is 4.16. The Bertz CT molecular complexity index is 728. The normalized spacial score (nSPS) is 19.5. The summed E-state index contributed by atoms with van der Waals surface area (Å²) in [5, 5.41) is 4.44. The van der Waals surface area contributed by atoms with Gasteiger partial charge in [-0.15, -0.1) is 0 Å². The van der Waals surface area contributed by atoms with Crippen LogP contribution in [0.2, 0.25) is 0 Å². The highest BCUT2D eigenvalue weighted by Gasteiger charge is 2.30. The molecular formula is C18H23N3O3. The molecule has 1 atom stereocenters. The predicted molar refractivity (Wildman–Crippen MR) is 89.1 cm³/mol. The van der Waals surface area contributed by atoms with Crippen LogP contribution in [-0.2, 0) is 24.8 Å². The third kappa shape index (κ3) is 2.76. The molecule has 0 unspecified atom stereocenters. The van der Waals surface area contributed by atoms with Crippen LogP contribution in [0.3, 0.4) is 0 Å². The number of hydrogen-bond acceptors (Lipinski definition) is 5. The average molecular weight is 329 g/mol. The van der Waals surface area contributed by atoms with Crippen LogP contribution in [0.15, 0.2) is 24.4 Å². The zero-order chi connectivity index (χ0) is 16.5. The van der Waals surface area contributed by atoms with E-state index in [4.69, 9.17) is 14.2 Å². The van der Waals surface area contributed by atoms with Gasteiger partial charge in [-0.25, -0.2) is 0 Å². The highest BCUT2D eigenvalue weighted by molar-refractivity contribution is 5.44. The van der Waals surface area contributed by atoms with E-state index in [-0.39, 0.29) is 6.04 Å². The van der Waals surface area contributed by atoms with Crippen molar-refractivity contribution >= 4 is 0 Å². The zero-order valence-corrected chi connectivity index (χ0v) is 14.2. The molecule has 2 aliphatic rings. The summed E-state index contributed by atoms with van der Waals surface area (Å²) in [5.41, 5.74) is 3.84. The molecule has 0 aliphatic carbocycles. The molecule has 4 rings (SSSR count). The number of hydrogen-bond donors (Lipinski definition) is 0. The summed E-state index contributed by atoms with van der Waals surface area (Å²) in [6, 6.07) is 6.42. The van der Waals surface area contributed by atoms with Gasteiger partial charge in [0.15, 0.2) is 11.5 Å². The third-order valence-electron chi connectivity index (χ3n) is 4.79. The number of aryl methyl sites for hydroxylation is 1. The quantitative estimate of drug-likeness (QED) is 0.842. The molecule has 0 fully saturated rings. The Labute approximate surface area is 141 Å². The molecule has 24 heavy (non-hydrogen) atoms. The van der Waals surface area contributed by atoms with Crippen LogP contribution in [0.25, 0.3) is 0 Å². The minimum Gasteiger partial charge on any atom is -0.454 e. The first-order valence-corrected chi connectivity index (χ1v) is 8.47. The Morgan fingerprint density at radius 3 is 3.04 bits per heavy atom. The van der Waals surface area contributed by atoms with Gasteiger partial charge in [0.05, 0.1) is 24.5 Å². The molecule has 0 N–H and O–H groups in total. The summed E-state index contributed by atoms with van der Waals surface area (Å²) in [5.74, 6) is 1.67. The van der Waals surface area contributed by atoms with Crippen LogP contribution in [0, 0.1) is 0 Å². The van der Waals surface area contributed by atoms with E-state index in [0.717, 1.165) is 37.6 Å². The standard InChI is InChI=1S/C18H23N3O3/c1-3-22-11-15-18-14(9-19-20(18)2)6-7-21(15)10-13-4-5-16-17(8-13)24-12-23-16/h4-5,8-9,15H,3,6-7,10-12H2,1-2H3/t15-/m1/s1. The van der Waals surface area contributed by atoms with Crippen LogP contribution in [0.5, 0.6) is 11.5 Å². The van der Waals surface area contributed by atoms with E-state index in [1.54, 1.807) is 0 Å². The van der Waals surface area contributed by atoms with Gasteiger partial charge in [-0.05, 0) is 36.6 Å². The number of nitrogens with zero attached hydrogens (tertiary/aromatic N) is 3. The molecule has 3 heterocycles. The molecule has 0 spiro atoms.